The molecule has 7 nitrogen and oxygen atoms in total. The molecular weight excluding hydrogens is 547 g/mol. The number of methoxy groups -OCH3 is 2. The van der Waals surface area contributed by atoms with Crippen molar-refractivity contribution >= 4 is 29.2 Å². The molecule has 0 bridgehead atoms. The third-order valence-electron chi connectivity index (χ3n) is 8.91. The molecule has 4 atom stereocenters. The minimum Gasteiger partial charge on any atom is -0.497 e. The average Bonchev–Trinajstić information content (AvgIpc) is 3.52. The first-order valence-corrected chi connectivity index (χ1v) is 13.9. The summed E-state index contributed by atoms with van der Waals surface area (Å²) in [6, 6.07) is 23.8. The third-order valence-corrected chi connectivity index (χ3v) is 8.91. The first-order valence-electron chi connectivity index (χ1n) is 13.9. The number of carbonyl (C=O) groups excluding carboxylic acids is 3. The summed E-state index contributed by atoms with van der Waals surface area (Å²) < 4.78 is 25.5. The van der Waals surface area contributed by atoms with Crippen LogP contribution in [0.1, 0.15) is 43.4 Å². The molecule has 0 aromatic heterocycles. The average molecular weight is 575 g/mol. The Morgan fingerprint density at radius 1 is 0.860 bits per heavy atom. The molecule has 4 aromatic carbocycles. The highest BCUT2D eigenvalue weighted by Crippen LogP contribution is 2.62. The van der Waals surface area contributed by atoms with Crippen molar-refractivity contribution in [2.75, 3.05) is 19.5 Å². The predicted molar refractivity (Wildman–Crippen MR) is 159 cm³/mol. The molecule has 1 saturated heterocycles. The monoisotopic (exact) mass is 574 g/mol. The highest BCUT2D eigenvalue weighted by molar-refractivity contribution is 6.16. The van der Waals surface area contributed by atoms with E-state index in [4.69, 9.17) is 9.47 Å². The minimum absolute atomic E-state index is 0.0140. The fraction of sp³-hybridized carbons (Fsp3) is 0.171. The fourth-order valence-corrected chi connectivity index (χ4v) is 7.11. The standard InChI is InChI=1S/C35H27FN2O5/c1-42-23-10-7-9-21(18-23)32(40)30-29(31(39)22-14-15-28(43-2)26(36)19-22)35(25-12-5-6-13-27(25)37-34(35)41)33-24-11-4-3-8-20(24)16-17-38(30)33/h3-19,29-30,33H,1-2H3,(H,37,41). The molecule has 1 fully saturated rings. The van der Waals surface area contributed by atoms with Gasteiger partial charge in [0.15, 0.2) is 23.1 Å². The van der Waals surface area contributed by atoms with E-state index in [0.717, 1.165) is 17.2 Å². The number of nitrogens with one attached hydrogen (secondary N) is 1. The number of rotatable bonds is 6. The molecular formula is C35H27FN2O5. The molecule has 3 heterocycles. The number of anilines is 1. The largest absolute Gasteiger partial charge is 0.497 e. The topological polar surface area (TPSA) is 84.9 Å². The summed E-state index contributed by atoms with van der Waals surface area (Å²) >= 11 is 0. The van der Waals surface area contributed by atoms with E-state index < -0.39 is 35.0 Å². The van der Waals surface area contributed by atoms with Crippen molar-refractivity contribution in [3.8, 4) is 11.5 Å². The number of nitrogens with zero attached hydrogens (tertiary/aromatic N) is 1. The Morgan fingerprint density at radius 2 is 1.63 bits per heavy atom. The number of amides is 1. The Kier molecular flexibility index (Phi) is 6.16. The summed E-state index contributed by atoms with van der Waals surface area (Å²) in [6.07, 6.45) is 3.69. The van der Waals surface area contributed by atoms with Crippen molar-refractivity contribution in [1.82, 2.24) is 4.90 Å². The summed E-state index contributed by atoms with van der Waals surface area (Å²) in [5.41, 5.74) is 1.76. The van der Waals surface area contributed by atoms with E-state index in [1.165, 1.54) is 26.4 Å². The molecule has 0 aliphatic carbocycles. The van der Waals surface area contributed by atoms with Gasteiger partial charge >= 0.3 is 0 Å². The van der Waals surface area contributed by atoms with E-state index in [1.54, 1.807) is 36.5 Å². The molecule has 4 unspecified atom stereocenters. The predicted octanol–water partition coefficient (Wildman–Crippen LogP) is 5.82. The van der Waals surface area contributed by atoms with Crippen LogP contribution in [0.2, 0.25) is 0 Å². The molecule has 4 aromatic rings. The lowest BCUT2D eigenvalue weighted by Crippen LogP contribution is -2.49. The highest BCUT2D eigenvalue weighted by Gasteiger charge is 2.70. The lowest BCUT2D eigenvalue weighted by molar-refractivity contribution is -0.122. The zero-order chi connectivity index (χ0) is 29.9. The van der Waals surface area contributed by atoms with E-state index in [9.17, 15) is 14.4 Å². The first-order chi connectivity index (χ1) is 20.9. The SMILES string of the molecule is COc1cccc(C(=O)C2C(C(=O)c3ccc(OC)c(F)c3)C3(C(=O)Nc4ccccc43)C3c4ccccc4C=CN23)c1. The van der Waals surface area contributed by atoms with Gasteiger partial charge in [0.2, 0.25) is 5.91 Å². The second kappa shape index (κ2) is 9.94. The van der Waals surface area contributed by atoms with Crippen LogP contribution in [-0.4, -0.2) is 42.6 Å². The Bertz CT molecular complexity index is 1850. The van der Waals surface area contributed by atoms with E-state index >= 15 is 4.39 Å². The van der Waals surface area contributed by atoms with Gasteiger partial charge in [0.1, 0.15) is 17.2 Å². The van der Waals surface area contributed by atoms with Crippen LogP contribution in [0, 0.1) is 11.7 Å². The molecule has 0 radical (unpaired) electrons. The number of Topliss-reactive ketones (excluding diaryl/α,β-unsaturated/α-hetero) is 2. The molecule has 3 aliphatic heterocycles. The van der Waals surface area contributed by atoms with Crippen LogP contribution >= 0.6 is 0 Å². The third kappa shape index (κ3) is 3.75. The molecule has 1 N–H and O–H groups in total. The molecule has 214 valence electrons. The van der Waals surface area contributed by atoms with Crippen LogP contribution < -0.4 is 14.8 Å². The van der Waals surface area contributed by atoms with Gasteiger partial charge in [-0.2, -0.15) is 0 Å². The number of ketones is 2. The van der Waals surface area contributed by atoms with Crippen LogP contribution in [0.15, 0.2) is 97.2 Å². The Balaban J connectivity index is 1.52. The van der Waals surface area contributed by atoms with Gasteiger partial charge in [-0.3, -0.25) is 14.4 Å². The van der Waals surface area contributed by atoms with Gasteiger partial charge < -0.3 is 19.7 Å². The smallest absolute Gasteiger partial charge is 0.238 e. The summed E-state index contributed by atoms with van der Waals surface area (Å²) in [5, 5.41) is 3.01. The van der Waals surface area contributed by atoms with Crippen LogP contribution in [0.4, 0.5) is 10.1 Å². The number of carbonyl (C=O) groups is 3. The minimum atomic E-state index is -1.51. The maximum atomic E-state index is 15.0. The normalized spacial score (nSPS) is 22.9. The lowest BCUT2D eigenvalue weighted by atomic mass is 9.62. The second-order valence-corrected chi connectivity index (χ2v) is 10.9. The number of fused-ring (bicyclic) bond motifs is 6. The van der Waals surface area contributed by atoms with E-state index in [0.29, 0.717) is 22.6 Å². The summed E-state index contributed by atoms with van der Waals surface area (Å²) in [4.78, 5) is 45.8. The fourth-order valence-electron chi connectivity index (χ4n) is 7.11. The maximum Gasteiger partial charge on any atom is 0.238 e. The highest BCUT2D eigenvalue weighted by atomic mass is 19.1. The van der Waals surface area contributed by atoms with E-state index in [2.05, 4.69) is 5.32 Å². The molecule has 0 saturated carbocycles. The molecule has 8 heteroatoms. The zero-order valence-corrected chi connectivity index (χ0v) is 23.4. The van der Waals surface area contributed by atoms with Crippen LogP contribution in [-0.2, 0) is 10.2 Å². The quantitative estimate of drug-likeness (QED) is 0.292. The summed E-state index contributed by atoms with van der Waals surface area (Å²) in [6.45, 7) is 0. The van der Waals surface area contributed by atoms with Crippen molar-refractivity contribution in [3.05, 3.63) is 131 Å². The Hall–Kier alpha value is -5.24. The number of hydrogen-bond acceptors (Lipinski definition) is 6. The van der Waals surface area contributed by atoms with Crippen LogP contribution in [0.5, 0.6) is 11.5 Å². The number of benzene rings is 4. The van der Waals surface area contributed by atoms with Crippen molar-refractivity contribution in [3.63, 3.8) is 0 Å². The van der Waals surface area contributed by atoms with Crippen molar-refractivity contribution in [2.24, 2.45) is 5.92 Å². The molecule has 43 heavy (non-hydrogen) atoms. The van der Waals surface area contributed by atoms with Crippen LogP contribution in [0.3, 0.4) is 0 Å². The number of halogens is 1. The summed E-state index contributed by atoms with van der Waals surface area (Å²) in [5.74, 6) is -2.72. The maximum absolute atomic E-state index is 15.0. The molecule has 1 amide bonds. The van der Waals surface area contributed by atoms with Gasteiger partial charge in [0.05, 0.1) is 26.2 Å². The Morgan fingerprint density at radius 3 is 2.42 bits per heavy atom. The van der Waals surface area contributed by atoms with E-state index in [1.807, 2.05) is 53.4 Å². The lowest BCUT2D eigenvalue weighted by Gasteiger charge is -2.38. The van der Waals surface area contributed by atoms with Gasteiger partial charge in [0.25, 0.3) is 0 Å². The molecule has 3 aliphatic rings. The zero-order valence-electron chi connectivity index (χ0n) is 23.4. The van der Waals surface area contributed by atoms with Crippen molar-refractivity contribution < 1.29 is 28.2 Å². The van der Waals surface area contributed by atoms with Gasteiger partial charge in [-0.05, 0) is 59.2 Å². The Labute approximate surface area is 247 Å². The second-order valence-electron chi connectivity index (χ2n) is 10.9. The molecule has 7 rings (SSSR count). The number of para-hydroxylation sites is 1. The van der Waals surface area contributed by atoms with Crippen molar-refractivity contribution in [1.29, 1.82) is 0 Å². The first kappa shape index (κ1) is 26.6. The molecule has 1 spiro atoms. The van der Waals surface area contributed by atoms with Gasteiger partial charge in [-0.25, -0.2) is 4.39 Å². The number of hydrogen-bond donors (Lipinski definition) is 1. The number of ether oxygens (including phenoxy) is 2. The summed E-state index contributed by atoms with van der Waals surface area (Å²) in [7, 11) is 2.86. The van der Waals surface area contributed by atoms with Gasteiger partial charge in [-0.1, -0.05) is 54.6 Å². The van der Waals surface area contributed by atoms with Gasteiger partial charge in [0, 0.05) is 23.0 Å². The van der Waals surface area contributed by atoms with Crippen LogP contribution in [0.25, 0.3) is 6.08 Å². The van der Waals surface area contributed by atoms with Gasteiger partial charge in [-0.15, -0.1) is 0 Å². The van der Waals surface area contributed by atoms with Crippen molar-refractivity contribution in [2.45, 2.75) is 17.5 Å². The van der Waals surface area contributed by atoms with E-state index in [-0.39, 0.29) is 23.0 Å².